The Morgan fingerprint density at radius 3 is 1.95 bits per heavy atom. The van der Waals surface area contributed by atoms with E-state index in [1.54, 1.807) is 19.1 Å². The van der Waals surface area contributed by atoms with Crippen LogP contribution >= 0.6 is 9.39 Å². The van der Waals surface area contributed by atoms with Gasteiger partial charge in [-0.05, 0) is 52.7 Å². The molecule has 21 heavy (non-hydrogen) atoms. The second kappa shape index (κ2) is 8.97. The molecule has 0 N–H and O–H groups in total. The second-order valence-corrected chi connectivity index (χ2v) is 5.53. The van der Waals surface area contributed by atoms with Gasteiger partial charge in [0.05, 0.1) is 0 Å². The van der Waals surface area contributed by atoms with Gasteiger partial charge in [0.1, 0.15) is 0 Å². The van der Waals surface area contributed by atoms with E-state index in [1.165, 1.54) is 4.31 Å². The zero-order valence-corrected chi connectivity index (χ0v) is 16.5. The maximum atomic E-state index is 11.1. The first-order valence-corrected chi connectivity index (χ1v) is 7.75. The standard InChI is InChI=1S/C14H17N2O2PS.Y/c1-2-15(20(17)18)12-8-10-14(11-9-12)16(19)13-6-4-3-5-7-13;/h3-11H,2,19H2,1H3,(H,17,18);/p-1. The molecule has 0 spiro atoms. The van der Waals surface area contributed by atoms with Gasteiger partial charge in [0, 0.05) is 67.6 Å². The van der Waals surface area contributed by atoms with Crippen molar-refractivity contribution in [2.75, 3.05) is 15.5 Å². The minimum Gasteiger partial charge on any atom is -0.755 e. The van der Waals surface area contributed by atoms with Crippen LogP contribution in [-0.2, 0) is 44.0 Å². The second-order valence-electron chi connectivity index (χ2n) is 4.13. The zero-order chi connectivity index (χ0) is 14.5. The Kier molecular flexibility index (Phi) is 8.00. The molecule has 0 bridgehead atoms. The van der Waals surface area contributed by atoms with Gasteiger partial charge < -0.3 is 13.5 Å². The molecule has 2 aromatic carbocycles. The quantitative estimate of drug-likeness (QED) is 0.576. The molecule has 2 unspecified atom stereocenters. The van der Waals surface area contributed by atoms with Crippen molar-refractivity contribution in [3.63, 3.8) is 0 Å². The van der Waals surface area contributed by atoms with E-state index in [4.69, 9.17) is 0 Å². The Bertz CT molecular complexity index is 583. The van der Waals surface area contributed by atoms with Crippen molar-refractivity contribution >= 4 is 37.7 Å². The number of benzene rings is 2. The fourth-order valence-corrected chi connectivity index (χ4v) is 2.74. The van der Waals surface area contributed by atoms with Crippen molar-refractivity contribution in [1.29, 1.82) is 0 Å². The first-order valence-electron chi connectivity index (χ1n) is 6.20. The van der Waals surface area contributed by atoms with Gasteiger partial charge in [-0.2, -0.15) is 0 Å². The smallest absolute Gasteiger partial charge is 0.0483 e. The van der Waals surface area contributed by atoms with Crippen LogP contribution in [0.2, 0.25) is 0 Å². The number of nitrogens with zero attached hydrogens (tertiary/aromatic N) is 2. The van der Waals surface area contributed by atoms with Crippen LogP contribution < -0.4 is 8.98 Å². The molecule has 0 heterocycles. The van der Waals surface area contributed by atoms with Crippen LogP contribution in [0.3, 0.4) is 0 Å². The van der Waals surface area contributed by atoms with Crippen molar-refractivity contribution in [3.8, 4) is 0 Å². The van der Waals surface area contributed by atoms with Gasteiger partial charge >= 0.3 is 0 Å². The van der Waals surface area contributed by atoms with Crippen LogP contribution in [0.15, 0.2) is 54.6 Å². The van der Waals surface area contributed by atoms with Crippen molar-refractivity contribution in [1.82, 2.24) is 0 Å². The van der Waals surface area contributed by atoms with Crippen molar-refractivity contribution in [3.05, 3.63) is 54.6 Å². The van der Waals surface area contributed by atoms with E-state index in [0.717, 1.165) is 11.4 Å². The summed E-state index contributed by atoms with van der Waals surface area (Å²) in [5.74, 6) is 0. The molecule has 0 aliphatic rings. The van der Waals surface area contributed by atoms with Crippen LogP contribution in [0.25, 0.3) is 0 Å². The van der Waals surface area contributed by atoms with Gasteiger partial charge in [-0.25, -0.2) is 0 Å². The molecule has 7 heteroatoms. The monoisotopic (exact) mass is 396 g/mol. The summed E-state index contributed by atoms with van der Waals surface area (Å²) in [6.07, 6.45) is 0. The Balaban J connectivity index is 0.00000220. The van der Waals surface area contributed by atoms with E-state index < -0.39 is 11.3 Å². The van der Waals surface area contributed by atoms with Crippen molar-refractivity contribution in [2.24, 2.45) is 0 Å². The summed E-state index contributed by atoms with van der Waals surface area (Å²) in [4.78, 5) is 0. The first kappa shape index (κ1) is 18.7. The van der Waals surface area contributed by atoms with Crippen LogP contribution in [0.4, 0.5) is 17.1 Å². The zero-order valence-electron chi connectivity index (χ0n) is 11.7. The predicted octanol–water partition coefficient (Wildman–Crippen LogP) is 3.23. The molecular weight excluding hydrogens is 380 g/mol. The Hall–Kier alpha value is -0.316. The maximum absolute atomic E-state index is 11.1. The summed E-state index contributed by atoms with van der Waals surface area (Å²) >= 11 is -2.24. The van der Waals surface area contributed by atoms with Crippen molar-refractivity contribution in [2.45, 2.75) is 6.92 Å². The summed E-state index contributed by atoms with van der Waals surface area (Å²) in [5, 5.41) is 0. The van der Waals surface area contributed by atoms with Gasteiger partial charge in [0.25, 0.3) is 0 Å². The van der Waals surface area contributed by atoms with Crippen LogP contribution in [0, 0.1) is 0 Å². The fraction of sp³-hybridized carbons (Fsp3) is 0.143. The normalized spacial score (nSPS) is 11.4. The van der Waals surface area contributed by atoms with E-state index in [1.807, 2.05) is 47.1 Å². The van der Waals surface area contributed by atoms with Gasteiger partial charge in [-0.1, -0.05) is 18.2 Å². The summed E-state index contributed by atoms with van der Waals surface area (Å²) in [6.45, 7) is 2.22. The van der Waals surface area contributed by atoms with Gasteiger partial charge in [-0.15, -0.1) is 0 Å². The summed E-state index contributed by atoms with van der Waals surface area (Å²) in [7, 11) is 2.66. The number of para-hydroxylation sites is 1. The summed E-state index contributed by atoms with van der Waals surface area (Å²) in [6, 6.07) is 17.3. The third kappa shape index (κ3) is 4.83. The average molecular weight is 396 g/mol. The molecule has 2 aromatic rings. The van der Waals surface area contributed by atoms with Crippen molar-refractivity contribution < 1.29 is 41.5 Å². The molecule has 0 aliphatic heterocycles. The first-order chi connectivity index (χ1) is 9.63. The van der Waals surface area contributed by atoms with Gasteiger partial charge in [-0.3, -0.25) is 4.21 Å². The fourth-order valence-electron chi connectivity index (χ4n) is 1.89. The van der Waals surface area contributed by atoms with Gasteiger partial charge in [0.15, 0.2) is 0 Å². The minimum absolute atomic E-state index is 0. The Morgan fingerprint density at radius 2 is 1.48 bits per heavy atom. The largest absolute Gasteiger partial charge is 0.755 e. The minimum atomic E-state index is -2.24. The molecule has 4 nitrogen and oxygen atoms in total. The number of hydrogen-bond donors (Lipinski definition) is 0. The molecule has 1 radical (unpaired) electrons. The molecule has 2 rings (SSSR count). The number of hydrogen-bond acceptors (Lipinski definition) is 3. The van der Waals surface area contributed by atoms with Crippen LogP contribution in [0.5, 0.6) is 0 Å². The van der Waals surface area contributed by atoms with E-state index in [-0.39, 0.29) is 32.7 Å². The average Bonchev–Trinajstić information content (AvgIpc) is 2.48. The molecule has 0 saturated heterocycles. The predicted molar refractivity (Wildman–Crippen MR) is 86.7 cm³/mol. The summed E-state index contributed by atoms with van der Waals surface area (Å²) in [5.41, 5.74) is 2.68. The van der Waals surface area contributed by atoms with Gasteiger partial charge in [0.2, 0.25) is 0 Å². The third-order valence-electron chi connectivity index (χ3n) is 2.92. The van der Waals surface area contributed by atoms with E-state index in [2.05, 4.69) is 9.39 Å². The molecule has 109 valence electrons. The topological polar surface area (TPSA) is 46.6 Å². The molecule has 2 atom stereocenters. The molecule has 0 saturated carbocycles. The Labute approximate surface area is 155 Å². The maximum Gasteiger partial charge on any atom is 0.0483 e. The van der Waals surface area contributed by atoms with E-state index in [0.29, 0.717) is 12.2 Å². The number of anilines is 3. The van der Waals surface area contributed by atoms with E-state index in [9.17, 15) is 8.76 Å². The molecule has 0 aromatic heterocycles. The SMILES string of the molecule is CCN(c1ccc(N(P)c2ccccc2)cc1)S(=O)[O-].[Y]. The third-order valence-corrected chi connectivity index (χ3v) is 4.34. The molecule has 0 aliphatic carbocycles. The van der Waals surface area contributed by atoms with Crippen LogP contribution in [0.1, 0.15) is 6.92 Å². The Morgan fingerprint density at radius 1 is 1.00 bits per heavy atom. The van der Waals surface area contributed by atoms with Crippen LogP contribution in [-0.4, -0.2) is 15.3 Å². The van der Waals surface area contributed by atoms with E-state index >= 15 is 0 Å². The summed E-state index contributed by atoms with van der Waals surface area (Å²) < 4.78 is 25.4. The molecule has 0 fully saturated rings. The molecular formula is C14H16N2O2PSY-. The molecule has 0 amide bonds. The number of rotatable bonds is 5.